The Bertz CT molecular complexity index is 181. The van der Waals surface area contributed by atoms with Gasteiger partial charge in [-0.25, -0.2) is 0 Å². The first-order chi connectivity index (χ1) is 8.29. The minimum atomic E-state index is -0.399. The Kier molecular flexibility index (Phi) is 12.9. The highest BCUT2D eigenvalue weighted by molar-refractivity contribution is 6.25. The van der Waals surface area contributed by atoms with E-state index < -0.39 is 9.76 Å². The zero-order valence-electron chi connectivity index (χ0n) is 11.6. The maximum absolute atomic E-state index is 5.94. The van der Waals surface area contributed by atoms with Crippen LogP contribution in [0.5, 0.6) is 0 Å². The molecule has 0 aromatic rings. The first kappa shape index (κ1) is 17.3. The van der Waals surface area contributed by atoms with Crippen molar-refractivity contribution in [1.82, 2.24) is 0 Å². The van der Waals surface area contributed by atoms with E-state index in [1.54, 1.807) is 0 Å². The molecule has 0 aliphatic carbocycles. The van der Waals surface area contributed by atoms with Crippen molar-refractivity contribution >= 4 is 29.3 Å². The van der Waals surface area contributed by atoms with Crippen LogP contribution in [0.2, 0.25) is 19.6 Å². The summed E-state index contributed by atoms with van der Waals surface area (Å²) >= 11 is 0. The van der Waals surface area contributed by atoms with E-state index in [0.717, 1.165) is 25.9 Å². The molecule has 6 heteroatoms. The highest BCUT2D eigenvalue weighted by Crippen LogP contribution is 2.13. The summed E-state index contributed by atoms with van der Waals surface area (Å²) in [6.45, 7) is 11.0. The quantitative estimate of drug-likeness (QED) is 0.298. The molecule has 0 N–H and O–H groups in total. The standard InChI is InChI=1S/C11H28O3Si3/c1-5-6-7-8-10(13-16-3)11(14-17-4)9-12-15-2/h5,10-11H,1,6-9,15-17H2,2-4H3. The Balaban J connectivity index is 4.18. The number of hydrogen-bond acceptors (Lipinski definition) is 3. The van der Waals surface area contributed by atoms with E-state index in [4.69, 9.17) is 13.3 Å². The van der Waals surface area contributed by atoms with Crippen molar-refractivity contribution in [3.63, 3.8) is 0 Å². The van der Waals surface area contributed by atoms with Crippen LogP contribution in [0.15, 0.2) is 12.7 Å². The van der Waals surface area contributed by atoms with Crippen molar-refractivity contribution in [2.75, 3.05) is 6.61 Å². The molecule has 0 aliphatic rings. The van der Waals surface area contributed by atoms with Gasteiger partial charge in [0, 0.05) is 0 Å². The topological polar surface area (TPSA) is 27.7 Å². The van der Waals surface area contributed by atoms with Gasteiger partial charge in [-0.3, -0.25) is 0 Å². The van der Waals surface area contributed by atoms with Crippen LogP contribution in [-0.4, -0.2) is 48.1 Å². The lowest BCUT2D eigenvalue weighted by Crippen LogP contribution is -2.37. The lowest BCUT2D eigenvalue weighted by molar-refractivity contribution is 0.0228. The molecular formula is C11H28O3Si3. The van der Waals surface area contributed by atoms with Gasteiger partial charge < -0.3 is 13.3 Å². The molecule has 0 aliphatic heterocycles. The van der Waals surface area contributed by atoms with Crippen LogP contribution in [0.3, 0.4) is 0 Å². The molecule has 17 heavy (non-hydrogen) atoms. The maximum atomic E-state index is 5.94. The van der Waals surface area contributed by atoms with Crippen molar-refractivity contribution in [1.29, 1.82) is 0 Å². The van der Waals surface area contributed by atoms with E-state index in [1.807, 2.05) is 6.08 Å². The molecule has 0 radical (unpaired) electrons. The second kappa shape index (κ2) is 12.7. The van der Waals surface area contributed by atoms with Crippen molar-refractivity contribution < 1.29 is 13.3 Å². The smallest absolute Gasteiger partial charge is 0.159 e. The van der Waals surface area contributed by atoms with Crippen molar-refractivity contribution in [3.05, 3.63) is 12.7 Å². The van der Waals surface area contributed by atoms with Gasteiger partial charge in [0.15, 0.2) is 29.3 Å². The minimum Gasteiger partial charge on any atom is -0.422 e. The van der Waals surface area contributed by atoms with E-state index in [1.165, 1.54) is 0 Å². The van der Waals surface area contributed by atoms with Crippen molar-refractivity contribution in [2.45, 2.75) is 51.1 Å². The molecule has 3 nitrogen and oxygen atoms in total. The van der Waals surface area contributed by atoms with E-state index >= 15 is 0 Å². The summed E-state index contributed by atoms with van der Waals surface area (Å²) in [5.74, 6) is 0. The van der Waals surface area contributed by atoms with E-state index in [0.29, 0.717) is 0 Å². The lowest BCUT2D eigenvalue weighted by atomic mass is 10.1. The number of unbranched alkanes of at least 4 members (excludes halogenated alkanes) is 1. The fourth-order valence-corrected chi connectivity index (χ4v) is 3.78. The summed E-state index contributed by atoms with van der Waals surface area (Å²) in [4.78, 5) is 0. The fraction of sp³-hybridized carbons (Fsp3) is 0.818. The summed E-state index contributed by atoms with van der Waals surface area (Å²) in [5.41, 5.74) is 0. The molecule has 0 rings (SSSR count). The molecule has 0 saturated carbocycles. The molecule has 0 amide bonds. The van der Waals surface area contributed by atoms with Crippen LogP contribution in [-0.2, 0) is 13.3 Å². The first-order valence-corrected chi connectivity index (χ1v) is 12.7. The summed E-state index contributed by atoms with van der Waals surface area (Å²) in [7, 11) is -1.12. The Morgan fingerprint density at radius 1 is 1.06 bits per heavy atom. The average Bonchev–Trinajstić information content (AvgIpc) is 2.34. The molecule has 0 heterocycles. The van der Waals surface area contributed by atoms with Gasteiger partial charge in [0.2, 0.25) is 0 Å². The third kappa shape index (κ3) is 8.92. The number of rotatable bonds is 12. The number of hydrogen-bond donors (Lipinski definition) is 0. The molecule has 0 aromatic carbocycles. The monoisotopic (exact) mass is 292 g/mol. The Morgan fingerprint density at radius 3 is 2.24 bits per heavy atom. The van der Waals surface area contributed by atoms with Gasteiger partial charge in [-0.05, 0) is 19.3 Å². The molecule has 2 unspecified atom stereocenters. The van der Waals surface area contributed by atoms with Gasteiger partial charge in [-0.2, -0.15) is 0 Å². The first-order valence-electron chi connectivity index (χ1n) is 6.71. The lowest BCUT2D eigenvalue weighted by Gasteiger charge is -2.27. The summed E-state index contributed by atoms with van der Waals surface area (Å²) in [6, 6.07) is 0. The normalized spacial score (nSPS) is 16.6. The van der Waals surface area contributed by atoms with Crippen LogP contribution >= 0.6 is 0 Å². The largest absolute Gasteiger partial charge is 0.422 e. The third-order valence-electron chi connectivity index (χ3n) is 2.56. The van der Waals surface area contributed by atoms with Crippen molar-refractivity contribution in [3.8, 4) is 0 Å². The molecule has 0 spiro atoms. The van der Waals surface area contributed by atoms with E-state index in [9.17, 15) is 0 Å². The van der Waals surface area contributed by atoms with Gasteiger partial charge in [-0.15, -0.1) is 6.58 Å². The zero-order chi connectivity index (χ0) is 12.9. The van der Waals surface area contributed by atoms with Gasteiger partial charge in [0.05, 0.1) is 18.8 Å². The molecule has 0 saturated heterocycles. The number of allylic oxidation sites excluding steroid dienone is 1. The molecule has 0 fully saturated rings. The van der Waals surface area contributed by atoms with Crippen LogP contribution in [0.25, 0.3) is 0 Å². The average molecular weight is 293 g/mol. The Labute approximate surface area is 113 Å². The third-order valence-corrected chi connectivity index (χ3v) is 4.73. The van der Waals surface area contributed by atoms with Gasteiger partial charge in [0.1, 0.15) is 0 Å². The second-order valence-corrected chi connectivity index (χ2v) is 6.67. The van der Waals surface area contributed by atoms with E-state index in [2.05, 4.69) is 26.2 Å². The predicted molar refractivity (Wildman–Crippen MR) is 83.0 cm³/mol. The predicted octanol–water partition coefficient (Wildman–Crippen LogP) is 0.525. The molecule has 0 bridgehead atoms. The van der Waals surface area contributed by atoms with Crippen molar-refractivity contribution in [2.24, 2.45) is 0 Å². The van der Waals surface area contributed by atoms with Crippen LogP contribution in [0, 0.1) is 0 Å². The molecule has 102 valence electrons. The molecular weight excluding hydrogens is 264 g/mol. The van der Waals surface area contributed by atoms with Crippen LogP contribution in [0.1, 0.15) is 19.3 Å². The zero-order valence-corrected chi connectivity index (χ0v) is 15.9. The Hall–Kier alpha value is 0.271. The van der Waals surface area contributed by atoms with Gasteiger partial charge >= 0.3 is 0 Å². The minimum absolute atomic E-state index is 0.177. The highest BCUT2D eigenvalue weighted by atomic mass is 28.2. The van der Waals surface area contributed by atoms with Crippen LogP contribution < -0.4 is 0 Å². The summed E-state index contributed by atoms with van der Waals surface area (Å²) < 4.78 is 17.5. The van der Waals surface area contributed by atoms with Gasteiger partial charge in [-0.1, -0.05) is 25.7 Å². The molecule has 0 aromatic heterocycles. The SMILES string of the molecule is C=CCCCC(O[SiH2]C)C(CO[SiH2]C)O[SiH2]C. The fourth-order valence-electron chi connectivity index (χ4n) is 1.76. The van der Waals surface area contributed by atoms with E-state index in [-0.39, 0.29) is 31.7 Å². The summed E-state index contributed by atoms with van der Waals surface area (Å²) in [5, 5.41) is 0. The Morgan fingerprint density at radius 2 is 1.71 bits per heavy atom. The van der Waals surface area contributed by atoms with Gasteiger partial charge in [0.25, 0.3) is 0 Å². The highest BCUT2D eigenvalue weighted by Gasteiger charge is 2.21. The molecule has 2 atom stereocenters. The second-order valence-electron chi connectivity index (χ2n) is 3.87. The maximum Gasteiger partial charge on any atom is 0.159 e. The van der Waals surface area contributed by atoms with Crippen LogP contribution in [0.4, 0.5) is 0 Å². The summed E-state index contributed by atoms with van der Waals surface area (Å²) in [6.07, 6.45) is 5.67.